The van der Waals surface area contributed by atoms with Crippen molar-refractivity contribution in [1.29, 1.82) is 0 Å². The van der Waals surface area contributed by atoms with Gasteiger partial charge in [0, 0.05) is 22.9 Å². The second-order valence-corrected chi connectivity index (χ2v) is 6.39. The minimum atomic E-state index is -0.586. The van der Waals surface area contributed by atoms with Gasteiger partial charge in [-0.1, -0.05) is 28.1 Å². The van der Waals surface area contributed by atoms with Crippen molar-refractivity contribution in [3.8, 4) is 0 Å². The average molecular weight is 378 g/mol. The van der Waals surface area contributed by atoms with E-state index in [9.17, 15) is 9.59 Å². The van der Waals surface area contributed by atoms with Crippen LogP contribution in [0, 0.1) is 0 Å². The monoisotopic (exact) mass is 377 g/mol. The normalized spacial score (nSPS) is 21.0. The second-order valence-electron chi connectivity index (χ2n) is 5.47. The standard InChI is InChI=1S/C17H16BrNO4/c1-22-17(21)15-13(9-4-2-5-10(18)8-9)14-11(20)6-3-7-12(14)23-16(15)19/h2,4-5,8,13H,3,6-7,19H2,1H3/t13-/m1/s1. The lowest BCUT2D eigenvalue weighted by molar-refractivity contribution is -0.136. The number of halogens is 1. The van der Waals surface area contributed by atoms with Crippen LogP contribution < -0.4 is 5.73 Å². The van der Waals surface area contributed by atoms with Crippen LogP contribution in [-0.2, 0) is 19.1 Å². The van der Waals surface area contributed by atoms with Crippen molar-refractivity contribution in [2.24, 2.45) is 5.73 Å². The highest BCUT2D eigenvalue weighted by atomic mass is 79.9. The van der Waals surface area contributed by atoms with Crippen LogP contribution in [-0.4, -0.2) is 18.9 Å². The van der Waals surface area contributed by atoms with Gasteiger partial charge in [-0.05, 0) is 24.1 Å². The Kier molecular flexibility index (Phi) is 4.26. The van der Waals surface area contributed by atoms with Gasteiger partial charge in [0.25, 0.3) is 0 Å². The van der Waals surface area contributed by atoms with Gasteiger partial charge < -0.3 is 15.2 Å². The third-order valence-electron chi connectivity index (χ3n) is 4.07. The van der Waals surface area contributed by atoms with Gasteiger partial charge in [0.2, 0.25) is 5.88 Å². The summed E-state index contributed by atoms with van der Waals surface area (Å²) in [5, 5.41) is 0. The van der Waals surface area contributed by atoms with Crippen LogP contribution in [0.25, 0.3) is 0 Å². The van der Waals surface area contributed by atoms with E-state index in [4.69, 9.17) is 15.2 Å². The Bertz CT molecular complexity index is 751. The van der Waals surface area contributed by atoms with Gasteiger partial charge in [0.05, 0.1) is 13.0 Å². The summed E-state index contributed by atoms with van der Waals surface area (Å²) in [6.07, 6.45) is 1.81. The summed E-state index contributed by atoms with van der Waals surface area (Å²) in [5.41, 5.74) is 7.47. The first kappa shape index (κ1) is 15.8. The van der Waals surface area contributed by atoms with E-state index >= 15 is 0 Å². The Labute approximate surface area is 142 Å². The van der Waals surface area contributed by atoms with E-state index < -0.39 is 11.9 Å². The number of hydrogen-bond donors (Lipinski definition) is 1. The number of nitrogens with two attached hydrogens (primary N) is 1. The van der Waals surface area contributed by atoms with Crippen molar-refractivity contribution in [2.45, 2.75) is 25.2 Å². The number of benzene rings is 1. The first-order valence-electron chi connectivity index (χ1n) is 7.30. The maximum Gasteiger partial charge on any atom is 0.340 e. The summed E-state index contributed by atoms with van der Waals surface area (Å²) in [6, 6.07) is 7.47. The van der Waals surface area contributed by atoms with E-state index in [2.05, 4.69) is 15.9 Å². The van der Waals surface area contributed by atoms with Crippen LogP contribution in [0.15, 0.2) is 51.5 Å². The number of ketones is 1. The highest BCUT2D eigenvalue weighted by Gasteiger charge is 2.40. The summed E-state index contributed by atoms with van der Waals surface area (Å²) < 4.78 is 11.3. The molecule has 3 rings (SSSR count). The number of ether oxygens (including phenoxy) is 2. The molecule has 1 aliphatic carbocycles. The molecule has 1 aromatic carbocycles. The van der Waals surface area contributed by atoms with Gasteiger partial charge in [0.15, 0.2) is 5.78 Å². The number of carbonyl (C=O) groups excluding carboxylic acids is 2. The summed E-state index contributed by atoms with van der Waals surface area (Å²) in [5.74, 6) is -0.578. The maximum absolute atomic E-state index is 12.5. The molecule has 0 fully saturated rings. The van der Waals surface area contributed by atoms with Gasteiger partial charge in [-0.3, -0.25) is 4.79 Å². The van der Waals surface area contributed by atoms with Crippen LogP contribution in [0.1, 0.15) is 30.7 Å². The molecule has 1 aliphatic heterocycles. The number of Topliss-reactive ketones (excluding diaryl/α,β-unsaturated/α-hetero) is 1. The summed E-state index contributed by atoms with van der Waals surface area (Å²) in [6.45, 7) is 0. The average Bonchev–Trinajstić information content (AvgIpc) is 2.53. The molecular formula is C17H16BrNO4. The molecule has 0 aromatic heterocycles. The largest absolute Gasteiger partial charge is 0.465 e. The molecule has 1 atom stereocenters. The van der Waals surface area contributed by atoms with Gasteiger partial charge >= 0.3 is 5.97 Å². The summed E-state index contributed by atoms with van der Waals surface area (Å²) in [4.78, 5) is 24.7. The Hall–Kier alpha value is -2.08. The lowest BCUT2D eigenvalue weighted by Crippen LogP contribution is -2.31. The van der Waals surface area contributed by atoms with Gasteiger partial charge in [-0.15, -0.1) is 0 Å². The second kappa shape index (κ2) is 6.20. The van der Waals surface area contributed by atoms with E-state index in [0.717, 1.165) is 16.5 Å². The molecule has 1 aromatic rings. The molecule has 0 saturated heterocycles. The zero-order chi connectivity index (χ0) is 16.6. The number of hydrogen-bond acceptors (Lipinski definition) is 5. The summed E-state index contributed by atoms with van der Waals surface area (Å²) in [7, 11) is 1.28. The van der Waals surface area contributed by atoms with Crippen molar-refractivity contribution in [1.82, 2.24) is 0 Å². The first-order chi connectivity index (χ1) is 11.0. The van der Waals surface area contributed by atoms with Crippen LogP contribution >= 0.6 is 15.9 Å². The molecule has 120 valence electrons. The van der Waals surface area contributed by atoms with Crippen molar-refractivity contribution in [2.75, 3.05) is 7.11 Å². The third-order valence-corrected chi connectivity index (χ3v) is 4.57. The molecule has 1 heterocycles. The van der Waals surface area contributed by atoms with E-state index in [-0.39, 0.29) is 17.2 Å². The molecule has 0 saturated carbocycles. The fraction of sp³-hybridized carbons (Fsp3) is 0.294. The highest BCUT2D eigenvalue weighted by Crippen LogP contribution is 2.44. The third kappa shape index (κ3) is 2.79. The number of methoxy groups -OCH3 is 1. The van der Waals surface area contributed by atoms with Crippen molar-refractivity contribution in [3.05, 3.63) is 57.1 Å². The van der Waals surface area contributed by atoms with Crippen molar-refractivity contribution in [3.63, 3.8) is 0 Å². The Morgan fingerprint density at radius 1 is 1.39 bits per heavy atom. The number of rotatable bonds is 2. The zero-order valence-electron chi connectivity index (χ0n) is 12.6. The fourth-order valence-corrected chi connectivity index (χ4v) is 3.50. The number of esters is 1. The molecule has 5 nitrogen and oxygen atoms in total. The molecule has 0 amide bonds. The Morgan fingerprint density at radius 3 is 2.87 bits per heavy atom. The topological polar surface area (TPSA) is 78.6 Å². The zero-order valence-corrected chi connectivity index (χ0v) is 14.2. The summed E-state index contributed by atoms with van der Waals surface area (Å²) >= 11 is 3.43. The quantitative estimate of drug-likeness (QED) is 0.801. The molecule has 6 heteroatoms. The van der Waals surface area contributed by atoms with E-state index in [0.29, 0.717) is 24.2 Å². The van der Waals surface area contributed by atoms with Crippen molar-refractivity contribution < 1.29 is 19.1 Å². The minimum Gasteiger partial charge on any atom is -0.465 e. The van der Waals surface area contributed by atoms with E-state index in [1.165, 1.54) is 7.11 Å². The van der Waals surface area contributed by atoms with Crippen LogP contribution in [0.2, 0.25) is 0 Å². The van der Waals surface area contributed by atoms with Gasteiger partial charge in [-0.2, -0.15) is 0 Å². The van der Waals surface area contributed by atoms with E-state index in [1.807, 2.05) is 24.3 Å². The lowest BCUT2D eigenvalue weighted by Gasteiger charge is -2.32. The van der Waals surface area contributed by atoms with Crippen molar-refractivity contribution >= 4 is 27.7 Å². The number of allylic oxidation sites excluding steroid dienone is 2. The molecule has 0 unspecified atom stereocenters. The molecular weight excluding hydrogens is 362 g/mol. The Balaban J connectivity index is 2.20. The SMILES string of the molecule is COC(=O)C1=C(N)OC2=C(C(=O)CCC2)[C@H]1c1cccc(Br)c1. The molecule has 2 aliphatic rings. The van der Waals surface area contributed by atoms with E-state index in [1.54, 1.807) is 0 Å². The fourth-order valence-electron chi connectivity index (χ4n) is 3.08. The first-order valence-corrected chi connectivity index (χ1v) is 8.09. The predicted molar refractivity (Wildman–Crippen MR) is 87.1 cm³/mol. The lowest BCUT2D eigenvalue weighted by atomic mass is 9.77. The van der Waals surface area contributed by atoms with Crippen LogP contribution in [0.4, 0.5) is 0 Å². The van der Waals surface area contributed by atoms with Gasteiger partial charge in [0.1, 0.15) is 11.3 Å². The smallest absolute Gasteiger partial charge is 0.340 e. The maximum atomic E-state index is 12.5. The number of carbonyl (C=O) groups is 2. The molecule has 0 radical (unpaired) electrons. The van der Waals surface area contributed by atoms with Gasteiger partial charge in [-0.25, -0.2) is 4.79 Å². The molecule has 2 N–H and O–H groups in total. The predicted octanol–water partition coefficient (Wildman–Crippen LogP) is 2.91. The molecule has 23 heavy (non-hydrogen) atoms. The Morgan fingerprint density at radius 2 is 2.17 bits per heavy atom. The molecule has 0 bridgehead atoms. The minimum absolute atomic E-state index is 0.00914. The van der Waals surface area contributed by atoms with Crippen LogP contribution in [0.3, 0.4) is 0 Å². The molecule has 0 spiro atoms. The van der Waals surface area contributed by atoms with Crippen LogP contribution in [0.5, 0.6) is 0 Å². The highest BCUT2D eigenvalue weighted by molar-refractivity contribution is 9.10.